The highest BCUT2D eigenvalue weighted by atomic mass is 16.5. The second-order valence-electron chi connectivity index (χ2n) is 3.68. The van der Waals surface area contributed by atoms with Gasteiger partial charge in [0.05, 0.1) is 20.6 Å². The maximum atomic E-state index is 10.7. The van der Waals surface area contributed by atoms with Crippen molar-refractivity contribution in [1.29, 1.82) is 0 Å². The van der Waals surface area contributed by atoms with Crippen molar-refractivity contribution in [3.8, 4) is 11.5 Å². The minimum absolute atomic E-state index is 0.00712. The minimum atomic E-state index is -0.873. The Hall–Kier alpha value is -1.75. The molecule has 5 nitrogen and oxygen atoms in total. The van der Waals surface area contributed by atoms with E-state index in [-0.39, 0.29) is 18.9 Å². The molecular formula is C12H17NO4. The summed E-state index contributed by atoms with van der Waals surface area (Å²) in [7, 11) is 3.10. The van der Waals surface area contributed by atoms with Crippen molar-refractivity contribution in [3.63, 3.8) is 0 Å². The molecule has 1 rings (SSSR count). The second-order valence-corrected chi connectivity index (χ2v) is 3.68. The number of hydrogen-bond donors (Lipinski definition) is 2. The van der Waals surface area contributed by atoms with Crippen LogP contribution >= 0.6 is 0 Å². The van der Waals surface area contributed by atoms with Crippen molar-refractivity contribution in [2.75, 3.05) is 20.8 Å². The van der Waals surface area contributed by atoms with E-state index in [4.69, 9.17) is 20.3 Å². The normalized spacial score (nSPS) is 11.9. The Morgan fingerprint density at radius 2 is 1.82 bits per heavy atom. The summed E-state index contributed by atoms with van der Waals surface area (Å²) in [5.41, 5.74) is 6.40. The van der Waals surface area contributed by atoms with E-state index in [9.17, 15) is 4.79 Å². The van der Waals surface area contributed by atoms with E-state index in [2.05, 4.69) is 0 Å². The van der Waals surface area contributed by atoms with Gasteiger partial charge in [-0.25, -0.2) is 0 Å². The lowest BCUT2D eigenvalue weighted by Gasteiger charge is -2.15. The summed E-state index contributed by atoms with van der Waals surface area (Å²) in [5, 5.41) is 8.81. The molecular weight excluding hydrogens is 222 g/mol. The van der Waals surface area contributed by atoms with Crippen LogP contribution in [0.2, 0.25) is 0 Å². The molecule has 0 aliphatic heterocycles. The Morgan fingerprint density at radius 3 is 2.18 bits per heavy atom. The zero-order valence-corrected chi connectivity index (χ0v) is 9.97. The van der Waals surface area contributed by atoms with E-state index < -0.39 is 5.97 Å². The lowest BCUT2D eigenvalue weighted by Crippen LogP contribution is -2.16. The number of carbonyl (C=O) groups is 1. The van der Waals surface area contributed by atoms with Gasteiger partial charge in [-0.1, -0.05) is 0 Å². The molecule has 94 valence electrons. The van der Waals surface area contributed by atoms with Gasteiger partial charge >= 0.3 is 5.97 Å². The molecule has 0 aliphatic carbocycles. The van der Waals surface area contributed by atoms with Crippen LogP contribution in [-0.2, 0) is 4.79 Å². The molecule has 0 heterocycles. The van der Waals surface area contributed by atoms with Crippen molar-refractivity contribution in [1.82, 2.24) is 0 Å². The number of carboxylic acids is 1. The number of hydrogen-bond acceptors (Lipinski definition) is 4. The predicted octanol–water partition coefficient (Wildman–Crippen LogP) is 1.22. The van der Waals surface area contributed by atoms with Crippen LogP contribution in [0.4, 0.5) is 0 Å². The molecule has 0 fully saturated rings. The Bertz CT molecular complexity index is 370. The molecule has 0 saturated carbocycles. The maximum Gasteiger partial charge on any atom is 0.304 e. The highest BCUT2D eigenvalue weighted by Crippen LogP contribution is 2.28. The average Bonchev–Trinajstić information content (AvgIpc) is 2.34. The average molecular weight is 239 g/mol. The first-order valence-corrected chi connectivity index (χ1v) is 5.25. The highest BCUT2D eigenvalue weighted by molar-refractivity contribution is 5.68. The first-order valence-electron chi connectivity index (χ1n) is 5.25. The molecule has 0 bridgehead atoms. The summed E-state index contributed by atoms with van der Waals surface area (Å²) in [5.74, 6) is 0.144. The van der Waals surface area contributed by atoms with Crippen LogP contribution in [0, 0.1) is 0 Å². The van der Waals surface area contributed by atoms with Crippen molar-refractivity contribution in [2.24, 2.45) is 5.73 Å². The van der Waals surface area contributed by atoms with Gasteiger partial charge in [0.25, 0.3) is 0 Å². The van der Waals surface area contributed by atoms with E-state index in [0.29, 0.717) is 11.5 Å². The number of nitrogens with two attached hydrogens (primary N) is 1. The molecule has 1 aromatic rings. The summed E-state index contributed by atoms with van der Waals surface area (Å²) < 4.78 is 10.3. The maximum absolute atomic E-state index is 10.7. The second kappa shape index (κ2) is 6.10. The lowest BCUT2D eigenvalue weighted by molar-refractivity contribution is -0.137. The van der Waals surface area contributed by atoms with Crippen LogP contribution in [0.15, 0.2) is 18.2 Å². The fourth-order valence-corrected chi connectivity index (χ4v) is 1.61. The third kappa shape index (κ3) is 3.64. The monoisotopic (exact) mass is 239 g/mol. The highest BCUT2D eigenvalue weighted by Gasteiger charge is 2.16. The van der Waals surface area contributed by atoms with Gasteiger partial charge in [-0.3, -0.25) is 4.79 Å². The SMILES string of the molecule is COc1cc(OC)cc([C@H](CN)CC(=O)O)c1. The molecule has 0 amide bonds. The van der Waals surface area contributed by atoms with Crippen LogP contribution in [0.3, 0.4) is 0 Å². The molecule has 1 aromatic carbocycles. The van der Waals surface area contributed by atoms with Gasteiger partial charge in [-0.2, -0.15) is 0 Å². The molecule has 0 radical (unpaired) electrons. The van der Waals surface area contributed by atoms with Gasteiger partial charge in [0, 0.05) is 12.0 Å². The Labute approximate surface area is 100 Å². The van der Waals surface area contributed by atoms with Gasteiger partial charge in [0.15, 0.2) is 0 Å². The Balaban J connectivity index is 3.04. The van der Waals surface area contributed by atoms with Crippen molar-refractivity contribution in [3.05, 3.63) is 23.8 Å². The molecule has 17 heavy (non-hydrogen) atoms. The van der Waals surface area contributed by atoms with Crippen LogP contribution < -0.4 is 15.2 Å². The van der Waals surface area contributed by atoms with Crippen molar-refractivity contribution in [2.45, 2.75) is 12.3 Å². The molecule has 0 spiro atoms. The van der Waals surface area contributed by atoms with E-state index >= 15 is 0 Å². The van der Waals surface area contributed by atoms with E-state index in [1.165, 1.54) is 0 Å². The third-order valence-electron chi connectivity index (χ3n) is 2.55. The number of methoxy groups -OCH3 is 2. The van der Waals surface area contributed by atoms with Gasteiger partial charge in [0.1, 0.15) is 11.5 Å². The molecule has 0 aliphatic rings. The summed E-state index contributed by atoms with van der Waals surface area (Å²) in [6.45, 7) is 0.266. The molecule has 1 atom stereocenters. The number of benzene rings is 1. The van der Waals surface area contributed by atoms with Gasteiger partial charge in [-0.15, -0.1) is 0 Å². The van der Waals surface area contributed by atoms with Crippen LogP contribution in [0.5, 0.6) is 11.5 Å². The fourth-order valence-electron chi connectivity index (χ4n) is 1.61. The molecule has 3 N–H and O–H groups in total. The molecule has 0 saturated heterocycles. The standard InChI is InChI=1S/C12H17NO4/c1-16-10-3-8(4-11(6-10)17-2)9(7-13)5-12(14)15/h3-4,6,9H,5,7,13H2,1-2H3,(H,14,15)/t9-/m0/s1. The van der Waals surface area contributed by atoms with Gasteiger partial charge in [0.2, 0.25) is 0 Å². The van der Waals surface area contributed by atoms with E-state index in [1.807, 2.05) is 0 Å². The van der Waals surface area contributed by atoms with Gasteiger partial charge in [-0.05, 0) is 24.2 Å². The number of ether oxygens (including phenoxy) is 2. The smallest absolute Gasteiger partial charge is 0.304 e. The number of rotatable bonds is 6. The molecule has 0 unspecified atom stereocenters. The van der Waals surface area contributed by atoms with E-state index in [1.54, 1.807) is 32.4 Å². The Morgan fingerprint density at radius 1 is 1.29 bits per heavy atom. The predicted molar refractivity (Wildman–Crippen MR) is 63.6 cm³/mol. The third-order valence-corrected chi connectivity index (χ3v) is 2.55. The Kier molecular flexibility index (Phi) is 4.78. The van der Waals surface area contributed by atoms with Crippen molar-refractivity contribution < 1.29 is 19.4 Å². The summed E-state index contributed by atoms with van der Waals surface area (Å²) in [6, 6.07) is 5.30. The van der Waals surface area contributed by atoms with E-state index in [0.717, 1.165) is 5.56 Å². The molecule has 5 heteroatoms. The van der Waals surface area contributed by atoms with Crippen LogP contribution in [-0.4, -0.2) is 31.8 Å². The first kappa shape index (κ1) is 13.3. The van der Waals surface area contributed by atoms with Crippen LogP contribution in [0.25, 0.3) is 0 Å². The first-order chi connectivity index (χ1) is 8.10. The number of aliphatic carboxylic acids is 1. The zero-order valence-electron chi connectivity index (χ0n) is 9.97. The minimum Gasteiger partial charge on any atom is -0.497 e. The molecule has 0 aromatic heterocycles. The summed E-state index contributed by atoms with van der Waals surface area (Å²) in [4.78, 5) is 10.7. The summed E-state index contributed by atoms with van der Waals surface area (Å²) >= 11 is 0. The lowest BCUT2D eigenvalue weighted by atomic mass is 9.95. The summed E-state index contributed by atoms with van der Waals surface area (Å²) in [6.07, 6.45) is -0.00712. The topological polar surface area (TPSA) is 81.8 Å². The quantitative estimate of drug-likeness (QED) is 0.780. The zero-order chi connectivity index (χ0) is 12.8. The van der Waals surface area contributed by atoms with Crippen LogP contribution in [0.1, 0.15) is 17.9 Å². The fraction of sp³-hybridized carbons (Fsp3) is 0.417. The number of carboxylic acid groups (broad SMARTS) is 1. The van der Waals surface area contributed by atoms with Gasteiger partial charge < -0.3 is 20.3 Å². The van der Waals surface area contributed by atoms with Crippen molar-refractivity contribution >= 4 is 5.97 Å². The largest absolute Gasteiger partial charge is 0.497 e.